The van der Waals surface area contributed by atoms with E-state index in [0.29, 0.717) is 5.02 Å². The normalized spacial score (nSPS) is 11.3. The zero-order chi connectivity index (χ0) is 15.5. The third-order valence-electron chi connectivity index (χ3n) is 2.76. The summed E-state index contributed by atoms with van der Waals surface area (Å²) in [6.45, 7) is -0.652. The van der Waals surface area contributed by atoms with Crippen LogP contribution < -0.4 is 4.72 Å². The summed E-state index contributed by atoms with van der Waals surface area (Å²) in [4.78, 5) is 10.4. The van der Waals surface area contributed by atoms with E-state index in [4.69, 9.17) is 16.7 Å². The number of aliphatic carboxylic acids is 1. The molecule has 110 valence electrons. The van der Waals surface area contributed by atoms with Gasteiger partial charge in [0.15, 0.2) is 0 Å². The number of rotatable bonds is 5. The Hall–Kier alpha value is -1.89. The number of nitrogens with one attached hydrogen (secondary N) is 1. The molecule has 0 aliphatic carbocycles. The molecule has 0 aliphatic heterocycles. The summed E-state index contributed by atoms with van der Waals surface area (Å²) in [7, 11) is -3.81. The monoisotopic (exact) mass is 325 g/mol. The summed E-state index contributed by atoms with van der Waals surface area (Å²) >= 11 is 5.81. The molecular formula is C14H12ClNO4S. The highest BCUT2D eigenvalue weighted by atomic mass is 35.5. The molecule has 0 aromatic heterocycles. The van der Waals surface area contributed by atoms with Crippen LogP contribution in [0.1, 0.15) is 0 Å². The van der Waals surface area contributed by atoms with Crippen molar-refractivity contribution in [3.63, 3.8) is 0 Å². The van der Waals surface area contributed by atoms with Crippen LogP contribution in [0.2, 0.25) is 5.02 Å². The van der Waals surface area contributed by atoms with Crippen LogP contribution >= 0.6 is 11.6 Å². The molecule has 0 radical (unpaired) electrons. The quantitative estimate of drug-likeness (QED) is 0.884. The molecule has 0 fully saturated rings. The standard InChI is InChI=1S/C14H12ClNO4S/c15-12-5-1-10(2-6-12)11-3-7-13(8-4-11)21(19,20)16-9-14(17)18/h1-8,16H,9H2,(H,17,18). The van der Waals surface area contributed by atoms with Crippen LogP contribution in [0, 0.1) is 0 Å². The Morgan fingerprint density at radius 3 is 1.95 bits per heavy atom. The van der Waals surface area contributed by atoms with Gasteiger partial charge in [0.1, 0.15) is 6.54 Å². The molecule has 21 heavy (non-hydrogen) atoms. The Kier molecular flexibility index (Phi) is 4.62. The lowest BCUT2D eigenvalue weighted by Crippen LogP contribution is -2.29. The van der Waals surface area contributed by atoms with E-state index < -0.39 is 22.5 Å². The van der Waals surface area contributed by atoms with E-state index in [2.05, 4.69) is 0 Å². The molecule has 0 spiro atoms. The second-order valence-electron chi connectivity index (χ2n) is 4.25. The smallest absolute Gasteiger partial charge is 0.318 e. The maximum atomic E-state index is 11.8. The van der Waals surface area contributed by atoms with Gasteiger partial charge in [-0.1, -0.05) is 35.9 Å². The highest BCUT2D eigenvalue weighted by Gasteiger charge is 2.14. The molecule has 0 saturated carbocycles. The van der Waals surface area contributed by atoms with Crippen molar-refractivity contribution >= 4 is 27.6 Å². The van der Waals surface area contributed by atoms with Gasteiger partial charge in [0, 0.05) is 5.02 Å². The third-order valence-corrected chi connectivity index (χ3v) is 4.42. The molecular weight excluding hydrogens is 314 g/mol. The van der Waals surface area contributed by atoms with Crippen LogP contribution in [0.4, 0.5) is 0 Å². The largest absolute Gasteiger partial charge is 0.480 e. The first-order valence-corrected chi connectivity index (χ1v) is 7.82. The van der Waals surface area contributed by atoms with E-state index in [1.54, 1.807) is 24.3 Å². The minimum Gasteiger partial charge on any atom is -0.480 e. The van der Waals surface area contributed by atoms with Crippen LogP contribution in [-0.4, -0.2) is 26.0 Å². The molecule has 0 amide bonds. The lowest BCUT2D eigenvalue weighted by molar-refractivity contribution is -0.135. The molecule has 2 aromatic carbocycles. The van der Waals surface area contributed by atoms with E-state index in [1.165, 1.54) is 12.1 Å². The minimum atomic E-state index is -3.81. The number of sulfonamides is 1. The van der Waals surface area contributed by atoms with Crippen LogP contribution in [0.15, 0.2) is 53.4 Å². The van der Waals surface area contributed by atoms with Crippen molar-refractivity contribution < 1.29 is 18.3 Å². The molecule has 2 rings (SSSR count). The number of hydrogen-bond acceptors (Lipinski definition) is 3. The Bertz CT molecular complexity index is 740. The third kappa shape index (κ3) is 4.04. The van der Waals surface area contributed by atoms with Gasteiger partial charge in [-0.25, -0.2) is 8.42 Å². The van der Waals surface area contributed by atoms with E-state index in [9.17, 15) is 13.2 Å². The lowest BCUT2D eigenvalue weighted by atomic mass is 10.1. The molecule has 2 N–H and O–H groups in total. The van der Waals surface area contributed by atoms with Crippen molar-refractivity contribution in [2.24, 2.45) is 0 Å². The minimum absolute atomic E-state index is 0.0152. The van der Waals surface area contributed by atoms with Gasteiger partial charge >= 0.3 is 5.97 Å². The van der Waals surface area contributed by atoms with Gasteiger partial charge in [-0.05, 0) is 35.4 Å². The molecule has 0 unspecified atom stereocenters. The summed E-state index contributed by atoms with van der Waals surface area (Å²) in [5.41, 5.74) is 1.74. The molecule has 0 saturated heterocycles. The van der Waals surface area contributed by atoms with Crippen molar-refractivity contribution in [2.45, 2.75) is 4.90 Å². The molecule has 0 heterocycles. The first-order chi connectivity index (χ1) is 9.88. The number of carboxylic acids is 1. The van der Waals surface area contributed by atoms with Gasteiger partial charge in [-0.15, -0.1) is 0 Å². The second-order valence-corrected chi connectivity index (χ2v) is 6.45. The number of carboxylic acid groups (broad SMARTS) is 1. The molecule has 0 bridgehead atoms. The fraction of sp³-hybridized carbons (Fsp3) is 0.0714. The van der Waals surface area contributed by atoms with Crippen LogP contribution in [0.25, 0.3) is 11.1 Å². The number of hydrogen-bond donors (Lipinski definition) is 2. The molecule has 2 aromatic rings. The van der Waals surface area contributed by atoms with Crippen molar-refractivity contribution in [3.05, 3.63) is 53.6 Å². The van der Waals surface area contributed by atoms with Crippen molar-refractivity contribution in [3.8, 4) is 11.1 Å². The molecule has 0 atom stereocenters. The Morgan fingerprint density at radius 1 is 1.00 bits per heavy atom. The van der Waals surface area contributed by atoms with E-state index in [0.717, 1.165) is 11.1 Å². The van der Waals surface area contributed by atoms with Gasteiger partial charge in [0.25, 0.3) is 0 Å². The van der Waals surface area contributed by atoms with Crippen molar-refractivity contribution in [1.29, 1.82) is 0 Å². The van der Waals surface area contributed by atoms with Gasteiger partial charge in [0.2, 0.25) is 10.0 Å². The topological polar surface area (TPSA) is 83.5 Å². The molecule has 0 aliphatic rings. The first-order valence-electron chi connectivity index (χ1n) is 5.96. The van der Waals surface area contributed by atoms with Crippen LogP contribution in [0.3, 0.4) is 0 Å². The average Bonchev–Trinajstić information content (AvgIpc) is 2.46. The lowest BCUT2D eigenvalue weighted by Gasteiger charge is -2.06. The predicted molar refractivity (Wildman–Crippen MR) is 79.7 cm³/mol. The fourth-order valence-electron chi connectivity index (χ4n) is 1.71. The van der Waals surface area contributed by atoms with Crippen LogP contribution in [0.5, 0.6) is 0 Å². The van der Waals surface area contributed by atoms with Gasteiger partial charge < -0.3 is 5.11 Å². The van der Waals surface area contributed by atoms with E-state index in [1.807, 2.05) is 16.9 Å². The van der Waals surface area contributed by atoms with Gasteiger partial charge in [0.05, 0.1) is 4.90 Å². The molecule has 5 nitrogen and oxygen atoms in total. The maximum absolute atomic E-state index is 11.8. The zero-order valence-corrected chi connectivity index (χ0v) is 12.4. The zero-order valence-electron chi connectivity index (χ0n) is 10.8. The molecule has 7 heteroatoms. The number of benzene rings is 2. The highest BCUT2D eigenvalue weighted by Crippen LogP contribution is 2.22. The van der Waals surface area contributed by atoms with E-state index >= 15 is 0 Å². The summed E-state index contributed by atoms with van der Waals surface area (Å²) in [6.07, 6.45) is 0. The Balaban J connectivity index is 2.22. The predicted octanol–water partition coefficient (Wildman–Crippen LogP) is 2.37. The summed E-state index contributed by atoms with van der Waals surface area (Å²) < 4.78 is 25.7. The Labute approximate surface area is 127 Å². The van der Waals surface area contributed by atoms with Gasteiger partial charge in [-0.2, -0.15) is 4.72 Å². The van der Waals surface area contributed by atoms with Crippen LogP contribution in [-0.2, 0) is 14.8 Å². The van der Waals surface area contributed by atoms with Crippen molar-refractivity contribution in [1.82, 2.24) is 4.72 Å². The number of carbonyl (C=O) groups is 1. The van der Waals surface area contributed by atoms with E-state index in [-0.39, 0.29) is 4.90 Å². The second kappa shape index (κ2) is 6.26. The average molecular weight is 326 g/mol. The SMILES string of the molecule is O=C(O)CNS(=O)(=O)c1ccc(-c2ccc(Cl)cc2)cc1. The first kappa shape index (κ1) is 15.5. The maximum Gasteiger partial charge on any atom is 0.318 e. The summed E-state index contributed by atoms with van der Waals surface area (Å²) in [5.74, 6) is -1.24. The highest BCUT2D eigenvalue weighted by molar-refractivity contribution is 7.89. The summed E-state index contributed by atoms with van der Waals surface area (Å²) in [6, 6.07) is 13.3. The van der Waals surface area contributed by atoms with Gasteiger partial charge in [-0.3, -0.25) is 4.79 Å². The van der Waals surface area contributed by atoms with Crippen molar-refractivity contribution in [2.75, 3.05) is 6.54 Å². The number of halogens is 1. The summed E-state index contributed by atoms with van der Waals surface area (Å²) in [5, 5.41) is 9.12. The Morgan fingerprint density at radius 2 is 1.48 bits per heavy atom. The fourth-order valence-corrected chi connectivity index (χ4v) is 2.81.